The molecule has 1 amide bonds. The first-order valence-corrected chi connectivity index (χ1v) is 9.28. The predicted octanol–water partition coefficient (Wildman–Crippen LogP) is 3.77. The molecule has 0 saturated carbocycles. The van der Waals surface area contributed by atoms with Crippen LogP contribution in [0.2, 0.25) is 0 Å². The molecule has 0 atom stereocenters. The maximum absolute atomic E-state index is 12.7. The van der Waals surface area contributed by atoms with E-state index in [1.54, 1.807) is 18.2 Å². The third kappa shape index (κ3) is 4.04. The lowest BCUT2D eigenvalue weighted by molar-refractivity contribution is 0.0955. The number of nitrogens with zero attached hydrogens (tertiary/aromatic N) is 1. The highest BCUT2D eigenvalue weighted by Crippen LogP contribution is 2.12. The zero-order chi connectivity index (χ0) is 20.2. The minimum Gasteiger partial charge on any atom is -0.332 e. The Labute approximate surface area is 170 Å². The van der Waals surface area contributed by atoms with Gasteiger partial charge in [0.25, 0.3) is 11.5 Å². The lowest BCUT2D eigenvalue weighted by Gasteiger charge is -2.08. The van der Waals surface area contributed by atoms with E-state index in [4.69, 9.17) is 12.2 Å². The van der Waals surface area contributed by atoms with Crippen LogP contribution in [0.25, 0.3) is 10.9 Å². The van der Waals surface area contributed by atoms with Gasteiger partial charge in [-0.05, 0) is 30.4 Å². The van der Waals surface area contributed by atoms with E-state index >= 15 is 0 Å². The number of amides is 1. The Hall–Kier alpha value is -3.84. The van der Waals surface area contributed by atoms with Gasteiger partial charge < -0.3 is 4.98 Å². The van der Waals surface area contributed by atoms with Gasteiger partial charge in [-0.2, -0.15) is 5.10 Å². The highest BCUT2D eigenvalue weighted by Gasteiger charge is 2.10. The molecule has 4 rings (SSSR count). The normalized spacial score (nSPS) is 10.5. The fourth-order valence-corrected chi connectivity index (χ4v) is 3.17. The quantitative estimate of drug-likeness (QED) is 0.277. The molecule has 0 fully saturated rings. The van der Waals surface area contributed by atoms with Crippen LogP contribution in [0.4, 0.5) is 0 Å². The number of carbonyl (C=O) groups excluding carboxylic acids is 1. The van der Waals surface area contributed by atoms with Crippen LogP contribution in [0.15, 0.2) is 88.8 Å². The standard InChI is InChI=1S/C22H16N4O2S/c27-20(16-11-12-17-18(13-16)23-22(29)24-21(17)28)26-25-19(14-7-3-1-4-8-14)15-9-5-2-6-10-15/h1-13H,(H,26,27)(H2,23,24,28,29). The maximum atomic E-state index is 12.7. The number of fused-ring (bicyclic) bond motifs is 1. The van der Waals surface area contributed by atoms with Crippen molar-refractivity contribution in [3.8, 4) is 0 Å². The monoisotopic (exact) mass is 400 g/mol. The minimum absolute atomic E-state index is 0.202. The van der Waals surface area contributed by atoms with Gasteiger partial charge >= 0.3 is 0 Å². The number of hydrogen-bond acceptors (Lipinski definition) is 4. The number of carbonyl (C=O) groups is 1. The van der Waals surface area contributed by atoms with Crippen molar-refractivity contribution >= 4 is 34.7 Å². The molecule has 0 aliphatic carbocycles. The van der Waals surface area contributed by atoms with E-state index in [9.17, 15) is 9.59 Å². The molecule has 3 aromatic carbocycles. The Bertz CT molecular complexity index is 1280. The largest absolute Gasteiger partial charge is 0.332 e. The van der Waals surface area contributed by atoms with Crippen LogP contribution < -0.4 is 11.0 Å². The van der Waals surface area contributed by atoms with Crippen LogP contribution >= 0.6 is 12.2 Å². The van der Waals surface area contributed by atoms with Crippen LogP contribution in [-0.4, -0.2) is 21.6 Å². The molecule has 1 heterocycles. The number of H-pyrrole nitrogens is 2. The molecule has 0 saturated heterocycles. The van der Waals surface area contributed by atoms with Crippen LogP contribution in [0, 0.1) is 4.77 Å². The van der Waals surface area contributed by atoms with E-state index < -0.39 is 5.91 Å². The number of benzene rings is 3. The number of aromatic nitrogens is 2. The Morgan fingerprint density at radius 3 is 2.07 bits per heavy atom. The molecule has 3 N–H and O–H groups in total. The second kappa shape index (κ2) is 8.04. The third-order valence-corrected chi connectivity index (χ3v) is 4.57. The predicted molar refractivity (Wildman–Crippen MR) is 116 cm³/mol. The molecule has 0 radical (unpaired) electrons. The SMILES string of the molecule is O=C(NN=C(c1ccccc1)c1ccccc1)c1ccc2c(=O)[nH]c(=S)[nH]c2c1. The van der Waals surface area contributed by atoms with Crippen molar-refractivity contribution in [1.29, 1.82) is 0 Å². The average Bonchev–Trinajstić information content (AvgIpc) is 2.74. The van der Waals surface area contributed by atoms with Crippen molar-refractivity contribution in [2.45, 2.75) is 0 Å². The summed E-state index contributed by atoms with van der Waals surface area (Å²) in [5, 5.41) is 4.80. The van der Waals surface area contributed by atoms with Crippen molar-refractivity contribution in [2.24, 2.45) is 5.10 Å². The maximum Gasteiger partial charge on any atom is 0.271 e. The molecular weight excluding hydrogens is 384 g/mol. The van der Waals surface area contributed by atoms with Crippen molar-refractivity contribution < 1.29 is 4.79 Å². The van der Waals surface area contributed by atoms with Crippen molar-refractivity contribution in [1.82, 2.24) is 15.4 Å². The molecule has 0 unspecified atom stereocenters. The molecule has 0 aliphatic heterocycles. The molecule has 29 heavy (non-hydrogen) atoms. The van der Waals surface area contributed by atoms with Gasteiger partial charge in [0.15, 0.2) is 4.77 Å². The number of rotatable bonds is 4. The van der Waals surface area contributed by atoms with E-state index in [0.29, 0.717) is 22.2 Å². The summed E-state index contributed by atoms with van der Waals surface area (Å²) in [5.41, 5.74) is 5.57. The molecule has 142 valence electrons. The van der Waals surface area contributed by atoms with Crippen molar-refractivity contribution in [3.63, 3.8) is 0 Å². The summed E-state index contributed by atoms with van der Waals surface area (Å²) in [7, 11) is 0. The molecule has 0 bridgehead atoms. The van der Waals surface area contributed by atoms with Crippen molar-refractivity contribution in [2.75, 3.05) is 0 Å². The summed E-state index contributed by atoms with van der Waals surface area (Å²) in [6.07, 6.45) is 0. The van der Waals surface area contributed by atoms with Gasteiger partial charge in [0, 0.05) is 16.7 Å². The first-order chi connectivity index (χ1) is 14.1. The zero-order valence-corrected chi connectivity index (χ0v) is 16.0. The molecule has 6 nitrogen and oxygen atoms in total. The number of hydrogen-bond donors (Lipinski definition) is 3. The Morgan fingerprint density at radius 1 is 0.828 bits per heavy atom. The van der Waals surface area contributed by atoms with Gasteiger partial charge in [0.05, 0.1) is 16.6 Å². The summed E-state index contributed by atoms with van der Waals surface area (Å²) in [5.74, 6) is -0.393. The Morgan fingerprint density at radius 2 is 1.45 bits per heavy atom. The molecule has 4 aromatic rings. The third-order valence-electron chi connectivity index (χ3n) is 4.37. The zero-order valence-electron chi connectivity index (χ0n) is 15.2. The van der Waals surface area contributed by atoms with Crippen LogP contribution in [-0.2, 0) is 0 Å². The highest BCUT2D eigenvalue weighted by atomic mass is 32.1. The van der Waals surface area contributed by atoms with E-state index in [1.807, 2.05) is 60.7 Å². The van der Waals surface area contributed by atoms with E-state index in [1.165, 1.54) is 0 Å². The van der Waals surface area contributed by atoms with Crippen LogP contribution in [0.5, 0.6) is 0 Å². The summed E-state index contributed by atoms with van der Waals surface area (Å²) < 4.78 is 0.202. The topological polar surface area (TPSA) is 90.1 Å². The molecule has 7 heteroatoms. The molecule has 0 spiro atoms. The van der Waals surface area contributed by atoms with Crippen molar-refractivity contribution in [3.05, 3.63) is 111 Å². The first-order valence-electron chi connectivity index (χ1n) is 8.87. The second-order valence-corrected chi connectivity index (χ2v) is 6.71. The van der Waals surface area contributed by atoms with Gasteiger partial charge in [0.2, 0.25) is 0 Å². The molecular formula is C22H16N4O2S. The first kappa shape index (κ1) is 18.5. The van der Waals surface area contributed by atoms with Gasteiger partial charge in [-0.3, -0.25) is 14.6 Å². The summed E-state index contributed by atoms with van der Waals surface area (Å²) in [6.45, 7) is 0. The smallest absolute Gasteiger partial charge is 0.271 e. The van der Waals surface area contributed by atoms with E-state index in [0.717, 1.165) is 11.1 Å². The second-order valence-electron chi connectivity index (χ2n) is 6.30. The van der Waals surface area contributed by atoms with Gasteiger partial charge in [-0.1, -0.05) is 60.7 Å². The Balaban J connectivity index is 1.69. The van der Waals surface area contributed by atoms with Crippen LogP contribution in [0.3, 0.4) is 0 Å². The van der Waals surface area contributed by atoms with Gasteiger partial charge in [-0.25, -0.2) is 5.43 Å². The number of nitrogens with one attached hydrogen (secondary N) is 3. The average molecular weight is 400 g/mol. The number of aromatic amines is 2. The fourth-order valence-electron chi connectivity index (χ4n) is 2.97. The summed E-state index contributed by atoms with van der Waals surface area (Å²) in [6, 6.07) is 24.0. The highest BCUT2D eigenvalue weighted by molar-refractivity contribution is 7.71. The lowest BCUT2D eigenvalue weighted by atomic mass is 10.0. The molecule has 0 aliphatic rings. The van der Waals surface area contributed by atoms with E-state index in [2.05, 4.69) is 20.5 Å². The van der Waals surface area contributed by atoms with Gasteiger partial charge in [0.1, 0.15) is 0 Å². The Kier molecular flexibility index (Phi) is 5.13. The van der Waals surface area contributed by atoms with E-state index in [-0.39, 0.29) is 10.3 Å². The van der Waals surface area contributed by atoms with Crippen LogP contribution in [0.1, 0.15) is 21.5 Å². The summed E-state index contributed by atoms with van der Waals surface area (Å²) >= 11 is 5.00. The van der Waals surface area contributed by atoms with Gasteiger partial charge in [-0.15, -0.1) is 0 Å². The number of hydrazone groups is 1. The fraction of sp³-hybridized carbons (Fsp3) is 0. The molecule has 1 aromatic heterocycles. The lowest BCUT2D eigenvalue weighted by Crippen LogP contribution is -2.21. The minimum atomic E-state index is -0.393. The summed E-state index contributed by atoms with van der Waals surface area (Å²) in [4.78, 5) is 30.0.